The average molecular weight is 741 g/mol. The highest BCUT2D eigenvalue weighted by Crippen LogP contribution is 2.47. The minimum Gasteiger partial charge on any atom is -0.457 e. The van der Waals surface area contributed by atoms with Crippen LogP contribution in [0.4, 0.5) is 22.7 Å². The SMILES string of the molecule is CC(C)c1ccc2c(c1)N(c1cccc(C(C)(C)C)c1)CN2c1cccc(Oc2ccc3c4c(C(C)(C)C)cccc4n(-c4cc(C(C)(C)C)ccn4)c3c2)c1. The average Bonchev–Trinajstić information content (AvgIpc) is 3.69. The van der Waals surface area contributed by atoms with Crippen molar-refractivity contribution in [2.75, 3.05) is 16.5 Å². The number of fused-ring (bicyclic) bond motifs is 4. The minimum absolute atomic E-state index is 0.00757. The van der Waals surface area contributed by atoms with Gasteiger partial charge in [0.1, 0.15) is 24.0 Å². The maximum absolute atomic E-state index is 6.78. The van der Waals surface area contributed by atoms with Crippen molar-refractivity contribution in [3.63, 3.8) is 0 Å². The number of aromatic nitrogens is 2. The van der Waals surface area contributed by atoms with Crippen LogP contribution < -0.4 is 14.5 Å². The zero-order chi connectivity index (χ0) is 39.7. The third kappa shape index (κ3) is 6.82. The molecule has 0 bridgehead atoms. The molecule has 8 rings (SSSR count). The molecule has 0 radical (unpaired) electrons. The predicted octanol–water partition coefficient (Wildman–Crippen LogP) is 14.2. The fraction of sp³-hybridized carbons (Fsp3) is 0.314. The van der Waals surface area contributed by atoms with Crippen molar-refractivity contribution in [1.82, 2.24) is 9.55 Å². The molecule has 5 aromatic carbocycles. The molecule has 0 aliphatic carbocycles. The van der Waals surface area contributed by atoms with E-state index in [9.17, 15) is 0 Å². The van der Waals surface area contributed by atoms with E-state index in [-0.39, 0.29) is 16.2 Å². The van der Waals surface area contributed by atoms with Crippen molar-refractivity contribution < 1.29 is 4.74 Å². The van der Waals surface area contributed by atoms with E-state index in [0.29, 0.717) is 12.6 Å². The summed E-state index contributed by atoms with van der Waals surface area (Å²) < 4.78 is 9.09. The zero-order valence-electron chi connectivity index (χ0n) is 35.0. The Morgan fingerprint density at radius 1 is 0.571 bits per heavy atom. The van der Waals surface area contributed by atoms with Crippen LogP contribution in [-0.4, -0.2) is 16.2 Å². The summed E-state index contributed by atoms with van der Waals surface area (Å²) >= 11 is 0. The van der Waals surface area contributed by atoms with Gasteiger partial charge in [0.15, 0.2) is 0 Å². The fourth-order valence-corrected chi connectivity index (χ4v) is 8.06. The van der Waals surface area contributed by atoms with Gasteiger partial charge in [0.25, 0.3) is 0 Å². The normalized spacial score (nSPS) is 13.6. The number of ether oxygens (including phenoxy) is 1. The molecule has 56 heavy (non-hydrogen) atoms. The number of benzene rings is 5. The van der Waals surface area contributed by atoms with Crippen molar-refractivity contribution in [3.8, 4) is 17.3 Å². The Balaban J connectivity index is 1.20. The third-order valence-electron chi connectivity index (χ3n) is 11.3. The highest BCUT2D eigenvalue weighted by atomic mass is 16.5. The van der Waals surface area contributed by atoms with Crippen LogP contribution in [0.25, 0.3) is 27.6 Å². The van der Waals surface area contributed by atoms with Gasteiger partial charge in [0.2, 0.25) is 0 Å². The van der Waals surface area contributed by atoms with Gasteiger partial charge in [-0.25, -0.2) is 4.98 Å². The van der Waals surface area contributed by atoms with E-state index in [1.54, 1.807) is 0 Å². The van der Waals surface area contributed by atoms with Crippen molar-refractivity contribution in [3.05, 3.63) is 144 Å². The maximum atomic E-state index is 6.78. The lowest BCUT2D eigenvalue weighted by Crippen LogP contribution is -2.24. The van der Waals surface area contributed by atoms with Crippen LogP contribution in [0.2, 0.25) is 0 Å². The molecule has 1 aliphatic heterocycles. The van der Waals surface area contributed by atoms with Gasteiger partial charge in [-0.05, 0) is 111 Å². The highest BCUT2D eigenvalue weighted by molar-refractivity contribution is 6.11. The molecule has 0 fully saturated rings. The Hall–Kier alpha value is -5.55. The monoisotopic (exact) mass is 740 g/mol. The predicted molar refractivity (Wildman–Crippen MR) is 237 cm³/mol. The smallest absolute Gasteiger partial charge is 0.137 e. The lowest BCUT2D eigenvalue weighted by atomic mass is 9.84. The molecule has 0 unspecified atom stereocenters. The van der Waals surface area contributed by atoms with E-state index in [2.05, 4.69) is 206 Å². The van der Waals surface area contributed by atoms with Crippen LogP contribution in [-0.2, 0) is 16.2 Å². The van der Waals surface area contributed by atoms with E-state index in [0.717, 1.165) is 34.0 Å². The van der Waals surface area contributed by atoms with Gasteiger partial charge in [-0.15, -0.1) is 0 Å². The first-order valence-corrected chi connectivity index (χ1v) is 20.1. The number of hydrogen-bond acceptors (Lipinski definition) is 4. The second-order valence-electron chi connectivity index (χ2n) is 18.9. The molecule has 1 aliphatic rings. The molecule has 286 valence electrons. The number of nitrogens with zero attached hydrogens (tertiary/aromatic N) is 4. The lowest BCUT2D eigenvalue weighted by Gasteiger charge is -2.25. The van der Waals surface area contributed by atoms with Crippen LogP contribution in [0, 0.1) is 0 Å². The Kier molecular flexibility index (Phi) is 9.06. The largest absolute Gasteiger partial charge is 0.457 e. The van der Waals surface area contributed by atoms with E-state index in [1.165, 1.54) is 50.1 Å². The fourth-order valence-electron chi connectivity index (χ4n) is 8.06. The molecular weight excluding hydrogens is 685 g/mol. The summed E-state index contributed by atoms with van der Waals surface area (Å²) in [7, 11) is 0. The summed E-state index contributed by atoms with van der Waals surface area (Å²) in [6, 6.07) is 42.0. The summed E-state index contributed by atoms with van der Waals surface area (Å²) in [4.78, 5) is 9.80. The maximum Gasteiger partial charge on any atom is 0.137 e. The summed E-state index contributed by atoms with van der Waals surface area (Å²) in [6.45, 7) is 25.7. The van der Waals surface area contributed by atoms with Crippen LogP contribution in [0.5, 0.6) is 11.5 Å². The van der Waals surface area contributed by atoms with Gasteiger partial charge < -0.3 is 14.5 Å². The first kappa shape index (κ1) is 37.4. The number of hydrogen-bond donors (Lipinski definition) is 0. The van der Waals surface area contributed by atoms with E-state index in [1.807, 2.05) is 6.20 Å². The van der Waals surface area contributed by atoms with E-state index < -0.39 is 0 Å². The first-order valence-electron chi connectivity index (χ1n) is 20.1. The van der Waals surface area contributed by atoms with Crippen molar-refractivity contribution in [2.45, 2.75) is 98.3 Å². The second kappa shape index (κ2) is 13.6. The Morgan fingerprint density at radius 2 is 1.23 bits per heavy atom. The van der Waals surface area contributed by atoms with Crippen molar-refractivity contribution in [2.24, 2.45) is 0 Å². The van der Waals surface area contributed by atoms with Crippen LogP contribution >= 0.6 is 0 Å². The first-order chi connectivity index (χ1) is 26.5. The molecule has 0 N–H and O–H groups in total. The standard InChI is InChI=1S/C51H56N4O/c1-33(2)34-21-24-43-46(27-34)54(37-16-12-15-35(28-37)49(3,4)5)32-53(43)38-17-13-18-39(30-38)56-40-22-23-41-45(31-40)55(47-29-36(25-26-52-47)50(6,7)8)44-20-14-19-42(48(41)44)51(9,10)11/h12-31,33H,32H2,1-11H3. The number of rotatable bonds is 6. The molecular formula is C51H56N4O. The molecule has 0 spiro atoms. The topological polar surface area (TPSA) is 33.5 Å². The quantitative estimate of drug-likeness (QED) is 0.170. The molecule has 0 saturated carbocycles. The van der Waals surface area contributed by atoms with Crippen molar-refractivity contribution >= 4 is 44.6 Å². The number of anilines is 4. The van der Waals surface area contributed by atoms with Gasteiger partial charge >= 0.3 is 0 Å². The Morgan fingerprint density at radius 3 is 1.95 bits per heavy atom. The molecule has 0 amide bonds. The van der Waals surface area contributed by atoms with Crippen LogP contribution in [0.1, 0.15) is 104 Å². The van der Waals surface area contributed by atoms with Crippen LogP contribution in [0.15, 0.2) is 121 Å². The van der Waals surface area contributed by atoms with Gasteiger partial charge in [-0.3, -0.25) is 4.57 Å². The van der Waals surface area contributed by atoms with Gasteiger partial charge in [0, 0.05) is 40.5 Å². The molecule has 7 aromatic rings. The molecule has 0 atom stereocenters. The Labute approximate surface area is 333 Å². The zero-order valence-corrected chi connectivity index (χ0v) is 35.0. The molecule has 5 heteroatoms. The molecule has 0 saturated heterocycles. The van der Waals surface area contributed by atoms with Gasteiger partial charge in [-0.2, -0.15) is 0 Å². The lowest BCUT2D eigenvalue weighted by molar-refractivity contribution is 0.483. The minimum atomic E-state index is -0.0373. The second-order valence-corrected chi connectivity index (χ2v) is 18.9. The van der Waals surface area contributed by atoms with Crippen LogP contribution in [0.3, 0.4) is 0 Å². The number of pyridine rings is 1. The van der Waals surface area contributed by atoms with Gasteiger partial charge in [0.05, 0.1) is 22.4 Å². The molecule has 5 nitrogen and oxygen atoms in total. The van der Waals surface area contributed by atoms with Gasteiger partial charge in [-0.1, -0.05) is 113 Å². The third-order valence-corrected chi connectivity index (χ3v) is 11.3. The molecule has 3 heterocycles. The summed E-state index contributed by atoms with van der Waals surface area (Å²) in [5.74, 6) is 2.92. The molecule has 2 aromatic heterocycles. The highest BCUT2D eigenvalue weighted by Gasteiger charge is 2.30. The summed E-state index contributed by atoms with van der Waals surface area (Å²) in [5.41, 5.74) is 12.2. The summed E-state index contributed by atoms with van der Waals surface area (Å²) in [5, 5.41) is 2.46. The van der Waals surface area contributed by atoms with E-state index in [4.69, 9.17) is 9.72 Å². The Bertz CT molecular complexity index is 2590. The summed E-state index contributed by atoms with van der Waals surface area (Å²) in [6.07, 6.45) is 1.94. The van der Waals surface area contributed by atoms with Crippen molar-refractivity contribution in [1.29, 1.82) is 0 Å². The van der Waals surface area contributed by atoms with E-state index >= 15 is 0 Å².